The number of nitrogens with zero attached hydrogens (tertiary/aromatic N) is 2. The van der Waals surface area contributed by atoms with Crippen molar-refractivity contribution in [3.8, 4) is 0 Å². The Hall–Kier alpha value is -0.160. The summed E-state index contributed by atoms with van der Waals surface area (Å²) in [5.41, 5.74) is 0. The van der Waals surface area contributed by atoms with Gasteiger partial charge in [-0.05, 0) is 23.2 Å². The van der Waals surface area contributed by atoms with Gasteiger partial charge in [-0.2, -0.15) is 0 Å². The Labute approximate surface area is 86.4 Å². The maximum atomic E-state index is 10.9. The lowest BCUT2D eigenvalue weighted by atomic mass is 10.7. The molecule has 0 fully saturated rings. The molecular weight excluding hydrogens is 250 g/mol. The fourth-order valence-electron chi connectivity index (χ4n) is 0.515. The fraction of sp³-hybridized carbons (Fsp3) is 0. The molecular formula is C4HCl4N2O2+. The molecule has 1 aromatic rings. The summed E-state index contributed by atoms with van der Waals surface area (Å²) < 4.78 is 0.405. The topological polar surface area (TPSA) is 48.1 Å². The number of rotatable bonds is 0. The Balaban J connectivity index is 3.73. The molecule has 0 aliphatic carbocycles. The highest BCUT2D eigenvalue weighted by atomic mass is 35.5. The average Bonchev–Trinajstić information content (AvgIpc) is 2.08. The van der Waals surface area contributed by atoms with Gasteiger partial charge in [0.25, 0.3) is 0 Å². The van der Waals surface area contributed by atoms with Gasteiger partial charge in [-0.15, -0.1) is 4.73 Å². The molecule has 1 heterocycles. The van der Waals surface area contributed by atoms with E-state index < -0.39 is 20.6 Å². The third-order valence-corrected chi connectivity index (χ3v) is 2.61. The minimum absolute atomic E-state index is 0.0977. The molecule has 0 bridgehead atoms. The molecule has 0 radical (unpaired) electrons. The van der Waals surface area contributed by atoms with Crippen molar-refractivity contribution in [1.29, 1.82) is 0 Å². The quantitative estimate of drug-likeness (QED) is 0.567. The molecule has 0 amide bonds. The molecule has 0 atom stereocenters. The molecule has 0 unspecified atom stereocenters. The van der Waals surface area contributed by atoms with Crippen LogP contribution in [0.15, 0.2) is 0 Å². The van der Waals surface area contributed by atoms with Gasteiger partial charge >= 0.3 is 10.3 Å². The van der Waals surface area contributed by atoms with E-state index in [0.29, 0.717) is 4.73 Å². The normalized spacial score (nSPS) is 10.3. The van der Waals surface area contributed by atoms with Crippen molar-refractivity contribution in [2.75, 3.05) is 0 Å². The second-order valence-electron chi connectivity index (χ2n) is 1.77. The van der Waals surface area contributed by atoms with Crippen LogP contribution in [-0.4, -0.2) is 9.94 Å². The van der Waals surface area contributed by atoms with Crippen LogP contribution in [0, 0.1) is 4.91 Å². The predicted molar refractivity (Wildman–Crippen MR) is 45.0 cm³/mol. The molecule has 1 N–H and O–H groups in total. The Kier molecular flexibility index (Phi) is 2.73. The van der Waals surface area contributed by atoms with Gasteiger partial charge in [0.15, 0.2) is 0 Å². The lowest BCUT2D eigenvalue weighted by Crippen LogP contribution is -2.21. The number of aromatic nitrogens is 2. The van der Waals surface area contributed by atoms with Gasteiger partial charge in [-0.1, -0.05) is 23.2 Å². The van der Waals surface area contributed by atoms with Crippen LogP contribution in [0.25, 0.3) is 0 Å². The summed E-state index contributed by atoms with van der Waals surface area (Å²) >= 11 is 21.5. The molecule has 1 rings (SSSR count). The first-order chi connectivity index (χ1) is 5.46. The lowest BCUT2D eigenvalue weighted by Gasteiger charge is -1.98. The highest BCUT2D eigenvalue weighted by molar-refractivity contribution is 6.43. The number of hydrogen-bond donors (Lipinski definition) is 1. The zero-order chi connectivity index (χ0) is 9.46. The summed E-state index contributed by atoms with van der Waals surface area (Å²) in [5.74, 6) is 0. The first-order valence-corrected chi connectivity index (χ1v) is 4.04. The third kappa shape index (κ3) is 1.35. The Morgan fingerprint density at radius 1 is 1.08 bits per heavy atom. The number of hydrogen-bond acceptors (Lipinski definition) is 2. The van der Waals surface area contributed by atoms with Crippen LogP contribution < -0.4 is 4.43 Å². The monoisotopic (exact) mass is 249 g/mol. The molecule has 4 nitrogen and oxygen atoms in total. The van der Waals surface area contributed by atoms with Gasteiger partial charge in [-0.3, -0.25) is 0 Å². The molecule has 0 spiro atoms. The smallest absolute Gasteiger partial charge is 0.371 e. The van der Waals surface area contributed by atoms with Crippen molar-refractivity contribution in [3.63, 3.8) is 0 Å². The van der Waals surface area contributed by atoms with E-state index >= 15 is 0 Å². The lowest BCUT2D eigenvalue weighted by molar-refractivity contribution is -0.491. The van der Waals surface area contributed by atoms with Gasteiger partial charge in [0.05, 0.1) is 0 Å². The maximum Gasteiger partial charge on any atom is 0.371 e. The highest BCUT2D eigenvalue weighted by Crippen LogP contribution is 2.24. The first-order valence-electron chi connectivity index (χ1n) is 2.53. The molecule has 8 heteroatoms. The first kappa shape index (κ1) is 9.92. The van der Waals surface area contributed by atoms with Gasteiger partial charge in [0.1, 0.15) is 4.43 Å². The van der Waals surface area contributed by atoms with E-state index in [-0.39, 0.29) is 4.43 Å². The van der Waals surface area contributed by atoms with E-state index in [9.17, 15) is 4.91 Å². The predicted octanol–water partition coefficient (Wildman–Crippen LogP) is 2.25. The van der Waals surface area contributed by atoms with Crippen LogP contribution in [0.5, 0.6) is 0 Å². The maximum absolute atomic E-state index is 10.9. The van der Waals surface area contributed by atoms with Crippen molar-refractivity contribution in [1.82, 2.24) is 4.73 Å². The third-order valence-electron chi connectivity index (χ3n) is 1.07. The summed E-state index contributed by atoms with van der Waals surface area (Å²) in [4.78, 5) is 10.9. The SMILES string of the molecule is O=[n+]1c(Cl)c(Cl)n(O)c(Cl)c1Cl. The molecule has 0 saturated carbocycles. The molecule has 0 aliphatic heterocycles. The highest BCUT2D eigenvalue weighted by Gasteiger charge is 2.25. The second kappa shape index (κ2) is 3.30. The van der Waals surface area contributed by atoms with E-state index in [4.69, 9.17) is 51.6 Å². The minimum Gasteiger partial charge on any atom is -0.426 e. The van der Waals surface area contributed by atoms with E-state index in [1.54, 1.807) is 0 Å². The average molecular weight is 251 g/mol. The van der Waals surface area contributed by atoms with Crippen molar-refractivity contribution in [3.05, 3.63) is 25.5 Å². The van der Waals surface area contributed by atoms with E-state index in [1.165, 1.54) is 0 Å². The van der Waals surface area contributed by atoms with Crippen LogP contribution in [0.3, 0.4) is 0 Å². The summed E-state index contributed by atoms with van der Waals surface area (Å²) in [5, 5.41) is 7.32. The van der Waals surface area contributed by atoms with Gasteiger partial charge in [0, 0.05) is 4.91 Å². The Bertz CT molecular complexity index is 355. The van der Waals surface area contributed by atoms with Crippen molar-refractivity contribution in [2.24, 2.45) is 0 Å². The molecule has 0 aliphatic rings. The molecule has 66 valence electrons. The van der Waals surface area contributed by atoms with Gasteiger partial charge < -0.3 is 5.21 Å². The zero-order valence-electron chi connectivity index (χ0n) is 5.26. The number of halogens is 4. The van der Waals surface area contributed by atoms with Crippen molar-refractivity contribution in [2.45, 2.75) is 0 Å². The van der Waals surface area contributed by atoms with Crippen LogP contribution >= 0.6 is 46.4 Å². The van der Waals surface area contributed by atoms with Crippen molar-refractivity contribution >= 4 is 46.4 Å². The van der Waals surface area contributed by atoms with Crippen LogP contribution in [0.2, 0.25) is 20.6 Å². The molecule has 1 aromatic heterocycles. The summed E-state index contributed by atoms with van der Waals surface area (Å²) in [6.07, 6.45) is 0. The second-order valence-corrected chi connectivity index (χ2v) is 3.20. The standard InChI is InChI=1S/C4HCl4N2O2/c5-1-2(6)10(12)4(8)3(7)9(1)11/h11H/q+1. The molecule has 12 heavy (non-hydrogen) atoms. The molecule has 0 aromatic carbocycles. The van der Waals surface area contributed by atoms with Gasteiger partial charge in [0.2, 0.25) is 10.3 Å². The van der Waals surface area contributed by atoms with Crippen LogP contribution in [0.1, 0.15) is 0 Å². The van der Waals surface area contributed by atoms with E-state index in [2.05, 4.69) is 0 Å². The Morgan fingerprint density at radius 3 is 1.75 bits per heavy atom. The van der Waals surface area contributed by atoms with E-state index in [1.807, 2.05) is 0 Å². The van der Waals surface area contributed by atoms with Crippen LogP contribution in [-0.2, 0) is 0 Å². The largest absolute Gasteiger partial charge is 0.426 e. The summed E-state index contributed by atoms with van der Waals surface area (Å²) in [6, 6.07) is 0. The molecule has 0 saturated heterocycles. The Morgan fingerprint density at radius 2 is 1.42 bits per heavy atom. The van der Waals surface area contributed by atoms with E-state index in [0.717, 1.165) is 0 Å². The summed E-state index contributed by atoms with van der Waals surface area (Å²) in [7, 11) is 0. The van der Waals surface area contributed by atoms with Crippen molar-refractivity contribution < 1.29 is 9.63 Å². The van der Waals surface area contributed by atoms with Gasteiger partial charge in [-0.25, -0.2) is 0 Å². The van der Waals surface area contributed by atoms with Crippen LogP contribution in [0.4, 0.5) is 0 Å². The zero-order valence-corrected chi connectivity index (χ0v) is 8.29. The summed E-state index contributed by atoms with van der Waals surface area (Å²) in [6.45, 7) is 0. The minimum atomic E-state index is -0.450. The fourth-order valence-corrected chi connectivity index (χ4v) is 1.25.